The van der Waals surface area contributed by atoms with E-state index in [1.54, 1.807) is 7.05 Å². The number of quaternary nitrogens is 1. The predicted molar refractivity (Wildman–Crippen MR) is 36.0 cm³/mol. The molecule has 0 aromatic rings. The Hall–Kier alpha value is -0.560. The van der Waals surface area contributed by atoms with Crippen molar-refractivity contribution in [2.75, 3.05) is 27.2 Å². The molecule has 10 heavy (non-hydrogen) atoms. The SMILES string of the molecule is CO[N+](C)(CCN=O)NN. The van der Waals surface area contributed by atoms with Crippen molar-refractivity contribution < 1.29 is 9.59 Å². The number of hydroxylamine groups is 2. The second kappa shape index (κ2) is 4.29. The average molecular weight is 149 g/mol. The van der Waals surface area contributed by atoms with Crippen LogP contribution in [-0.2, 0) is 4.84 Å². The average Bonchev–Trinajstić information content (AvgIpc) is 2.00. The first-order valence-electron chi connectivity index (χ1n) is 2.87. The molecular weight excluding hydrogens is 136 g/mol. The van der Waals surface area contributed by atoms with Crippen LogP contribution in [0.25, 0.3) is 0 Å². The fourth-order valence-electron chi connectivity index (χ4n) is 0.440. The van der Waals surface area contributed by atoms with E-state index in [9.17, 15) is 4.91 Å². The highest BCUT2D eigenvalue weighted by Gasteiger charge is 2.19. The highest BCUT2D eigenvalue weighted by atomic mass is 16.7. The maximum Gasteiger partial charge on any atom is 0.152 e. The van der Waals surface area contributed by atoms with Crippen LogP contribution >= 0.6 is 0 Å². The van der Waals surface area contributed by atoms with Crippen molar-refractivity contribution in [2.24, 2.45) is 11.0 Å². The molecule has 0 heterocycles. The first-order valence-corrected chi connectivity index (χ1v) is 2.87. The molecule has 0 aromatic heterocycles. The summed E-state index contributed by atoms with van der Waals surface area (Å²) >= 11 is 0. The summed E-state index contributed by atoms with van der Waals surface area (Å²) in [6.45, 7) is 0.588. The largest absolute Gasteiger partial charge is 0.223 e. The summed E-state index contributed by atoms with van der Waals surface area (Å²) in [6.07, 6.45) is 0. The molecule has 1 atom stereocenters. The summed E-state index contributed by atoms with van der Waals surface area (Å²) in [5.41, 5.74) is 2.38. The summed E-state index contributed by atoms with van der Waals surface area (Å²) in [5, 5.41) is 2.68. The molecule has 0 bridgehead atoms. The van der Waals surface area contributed by atoms with Gasteiger partial charge in [0.2, 0.25) is 0 Å². The lowest BCUT2D eigenvalue weighted by Crippen LogP contribution is -2.58. The lowest BCUT2D eigenvalue weighted by molar-refractivity contribution is -1.12. The van der Waals surface area contributed by atoms with Crippen LogP contribution < -0.4 is 11.4 Å². The molecule has 3 N–H and O–H groups in total. The number of nitroso groups, excluding NO2 is 1. The number of nitrogens with zero attached hydrogens (tertiary/aromatic N) is 2. The molecule has 1 unspecified atom stereocenters. The maximum absolute atomic E-state index is 9.70. The Morgan fingerprint density at radius 3 is 2.70 bits per heavy atom. The van der Waals surface area contributed by atoms with Crippen LogP contribution in [0.2, 0.25) is 0 Å². The van der Waals surface area contributed by atoms with Crippen molar-refractivity contribution >= 4 is 0 Å². The molecule has 0 aliphatic heterocycles. The number of nitrogens with two attached hydrogens (primary N) is 1. The minimum absolute atomic E-state index is 0.0221. The van der Waals surface area contributed by atoms with E-state index in [0.717, 1.165) is 0 Å². The zero-order valence-corrected chi connectivity index (χ0v) is 6.20. The first-order chi connectivity index (χ1) is 4.68. The van der Waals surface area contributed by atoms with Gasteiger partial charge in [-0.15, -0.1) is 0 Å². The van der Waals surface area contributed by atoms with Crippen molar-refractivity contribution in [3.05, 3.63) is 4.91 Å². The second-order valence-electron chi connectivity index (χ2n) is 1.99. The maximum atomic E-state index is 9.70. The smallest absolute Gasteiger partial charge is 0.152 e. The minimum Gasteiger partial charge on any atom is -0.223 e. The monoisotopic (exact) mass is 149 g/mol. The van der Waals surface area contributed by atoms with E-state index in [0.29, 0.717) is 6.54 Å². The molecule has 6 heteroatoms. The Labute approximate surface area is 59.4 Å². The Balaban J connectivity index is 3.68. The first kappa shape index (κ1) is 9.44. The van der Waals surface area contributed by atoms with Gasteiger partial charge in [-0.1, -0.05) is 15.5 Å². The number of hydrogen-bond donors (Lipinski definition) is 2. The number of rotatable bonds is 5. The van der Waals surface area contributed by atoms with E-state index >= 15 is 0 Å². The molecule has 0 saturated heterocycles. The van der Waals surface area contributed by atoms with Gasteiger partial charge in [-0.2, -0.15) is 9.74 Å². The summed E-state index contributed by atoms with van der Waals surface area (Å²) in [5.74, 6) is 5.11. The van der Waals surface area contributed by atoms with Gasteiger partial charge in [0.1, 0.15) is 13.6 Å². The summed E-state index contributed by atoms with van der Waals surface area (Å²) < 4.78 is -0.0221. The zero-order valence-electron chi connectivity index (χ0n) is 6.20. The molecule has 60 valence electrons. The summed E-state index contributed by atoms with van der Waals surface area (Å²) in [4.78, 5) is 14.6. The van der Waals surface area contributed by atoms with Gasteiger partial charge < -0.3 is 0 Å². The summed E-state index contributed by atoms with van der Waals surface area (Å²) in [6, 6.07) is 0. The molecule has 0 saturated carbocycles. The van der Waals surface area contributed by atoms with E-state index in [1.165, 1.54) is 7.11 Å². The van der Waals surface area contributed by atoms with Crippen LogP contribution in [0.4, 0.5) is 0 Å². The van der Waals surface area contributed by atoms with Crippen LogP contribution in [0.15, 0.2) is 5.18 Å². The fourth-order valence-corrected chi connectivity index (χ4v) is 0.440. The van der Waals surface area contributed by atoms with Gasteiger partial charge >= 0.3 is 0 Å². The number of hydrogen-bond acceptors (Lipinski definition) is 5. The van der Waals surface area contributed by atoms with Gasteiger partial charge in [-0.3, -0.25) is 0 Å². The van der Waals surface area contributed by atoms with Crippen molar-refractivity contribution in [1.29, 1.82) is 0 Å². The van der Waals surface area contributed by atoms with Crippen molar-refractivity contribution in [3.63, 3.8) is 0 Å². The molecule has 0 aliphatic carbocycles. The lowest BCUT2D eigenvalue weighted by Gasteiger charge is -2.25. The third-order valence-corrected chi connectivity index (χ3v) is 1.29. The number of nitrogens with one attached hydrogen (secondary N) is 1. The Kier molecular flexibility index (Phi) is 4.05. The van der Waals surface area contributed by atoms with Gasteiger partial charge in [-0.25, -0.2) is 5.84 Å². The molecule has 0 aromatic carbocycles. The van der Waals surface area contributed by atoms with Crippen LogP contribution in [0.5, 0.6) is 0 Å². The third kappa shape index (κ3) is 2.83. The fraction of sp³-hybridized carbons (Fsp3) is 1.00. The van der Waals surface area contributed by atoms with Crippen molar-refractivity contribution in [1.82, 2.24) is 5.53 Å². The normalized spacial score (nSPS) is 16.3. The number of likely N-dealkylation sites (N-methyl/N-ethyl adjacent to an activating group) is 1. The van der Waals surface area contributed by atoms with Gasteiger partial charge in [0.05, 0.1) is 7.11 Å². The summed E-state index contributed by atoms with van der Waals surface area (Å²) in [7, 11) is 3.18. The van der Waals surface area contributed by atoms with E-state index in [1.807, 2.05) is 0 Å². The highest BCUT2D eigenvalue weighted by Crippen LogP contribution is 1.93. The molecule has 0 amide bonds. The van der Waals surface area contributed by atoms with E-state index in [4.69, 9.17) is 10.7 Å². The van der Waals surface area contributed by atoms with E-state index < -0.39 is 0 Å². The Bertz CT molecular complexity index is 103. The van der Waals surface area contributed by atoms with Gasteiger partial charge in [-0.05, 0) is 0 Å². The number of hydrazine groups is 1. The molecule has 0 rings (SSSR count). The third-order valence-electron chi connectivity index (χ3n) is 1.29. The predicted octanol–water partition coefficient (Wildman–Crippen LogP) is -0.861. The molecule has 6 nitrogen and oxygen atoms in total. The molecular formula is C4H13N4O2+. The van der Waals surface area contributed by atoms with Crippen LogP contribution in [0.3, 0.4) is 0 Å². The van der Waals surface area contributed by atoms with Gasteiger partial charge in [0.15, 0.2) is 6.54 Å². The lowest BCUT2D eigenvalue weighted by atomic mass is 10.6. The van der Waals surface area contributed by atoms with E-state index in [2.05, 4.69) is 10.7 Å². The van der Waals surface area contributed by atoms with Crippen LogP contribution in [0.1, 0.15) is 0 Å². The Morgan fingerprint density at radius 1 is 1.80 bits per heavy atom. The zero-order chi connectivity index (χ0) is 8.04. The van der Waals surface area contributed by atoms with Gasteiger partial charge in [0.25, 0.3) is 0 Å². The highest BCUT2D eigenvalue weighted by molar-refractivity contribution is 4.33. The second-order valence-corrected chi connectivity index (χ2v) is 1.99. The topological polar surface area (TPSA) is 76.7 Å². The van der Waals surface area contributed by atoms with Crippen molar-refractivity contribution in [3.8, 4) is 0 Å². The Morgan fingerprint density at radius 2 is 2.40 bits per heavy atom. The van der Waals surface area contributed by atoms with Crippen molar-refractivity contribution in [2.45, 2.75) is 0 Å². The van der Waals surface area contributed by atoms with Gasteiger partial charge in [0, 0.05) is 0 Å². The van der Waals surface area contributed by atoms with Crippen LogP contribution in [-0.4, -0.2) is 32.0 Å². The van der Waals surface area contributed by atoms with Crippen LogP contribution in [0, 0.1) is 4.91 Å². The molecule has 0 aliphatic rings. The molecule has 0 spiro atoms. The minimum atomic E-state index is -0.0221. The quantitative estimate of drug-likeness (QED) is 0.231. The molecule has 0 radical (unpaired) electrons. The standard InChI is InChI=1S/C4H13N4O2/c1-8(7-5,10-2)4-3-6-9/h7H,3-5H2,1-2H3/q+1. The molecule has 0 fully saturated rings. The van der Waals surface area contributed by atoms with E-state index in [-0.39, 0.29) is 11.3 Å².